The summed E-state index contributed by atoms with van der Waals surface area (Å²) in [7, 11) is 0. The summed E-state index contributed by atoms with van der Waals surface area (Å²) >= 11 is 0. The highest BCUT2D eigenvalue weighted by molar-refractivity contribution is 5.85. The summed E-state index contributed by atoms with van der Waals surface area (Å²) in [6, 6.07) is 29.1. The van der Waals surface area contributed by atoms with Crippen molar-refractivity contribution >= 4 is 5.91 Å². The highest BCUT2D eigenvalue weighted by atomic mass is 16.5. The van der Waals surface area contributed by atoms with Crippen LogP contribution in [0.4, 0.5) is 0 Å². The van der Waals surface area contributed by atoms with E-state index in [0.29, 0.717) is 6.61 Å². The van der Waals surface area contributed by atoms with Gasteiger partial charge in [-0.3, -0.25) is 4.79 Å². The first-order valence-electron chi connectivity index (χ1n) is 10.4. The first kappa shape index (κ1) is 18.1. The van der Waals surface area contributed by atoms with Crippen LogP contribution in [0.5, 0.6) is 0 Å². The SMILES string of the molecule is O=C1[C@@H](CCc2ccccc2)c2ccccc2C[C@@H]2OC[C@@H](c3ccccc3)N12. The van der Waals surface area contributed by atoms with Crippen molar-refractivity contribution in [3.8, 4) is 0 Å². The molecule has 0 spiro atoms. The first-order valence-corrected chi connectivity index (χ1v) is 10.4. The molecule has 29 heavy (non-hydrogen) atoms. The minimum absolute atomic E-state index is 0.0118. The van der Waals surface area contributed by atoms with E-state index < -0.39 is 0 Å². The Balaban J connectivity index is 1.49. The van der Waals surface area contributed by atoms with Gasteiger partial charge in [0.25, 0.3) is 0 Å². The number of ether oxygens (including phenoxy) is 1. The third kappa shape index (κ3) is 3.47. The van der Waals surface area contributed by atoms with Crippen molar-refractivity contribution in [3.63, 3.8) is 0 Å². The van der Waals surface area contributed by atoms with Crippen molar-refractivity contribution in [2.24, 2.45) is 0 Å². The zero-order valence-electron chi connectivity index (χ0n) is 16.4. The predicted molar refractivity (Wildman–Crippen MR) is 113 cm³/mol. The van der Waals surface area contributed by atoms with E-state index in [0.717, 1.165) is 24.8 Å². The topological polar surface area (TPSA) is 29.5 Å². The zero-order chi connectivity index (χ0) is 19.6. The lowest BCUT2D eigenvalue weighted by molar-refractivity contribution is -0.139. The van der Waals surface area contributed by atoms with Gasteiger partial charge >= 0.3 is 0 Å². The summed E-state index contributed by atoms with van der Waals surface area (Å²) in [4.78, 5) is 15.9. The molecule has 2 aliphatic rings. The van der Waals surface area contributed by atoms with E-state index in [9.17, 15) is 4.79 Å². The molecular formula is C26H25NO2. The van der Waals surface area contributed by atoms with Crippen molar-refractivity contribution in [2.75, 3.05) is 6.61 Å². The van der Waals surface area contributed by atoms with Gasteiger partial charge in [-0.25, -0.2) is 0 Å². The van der Waals surface area contributed by atoms with Gasteiger partial charge in [-0.05, 0) is 35.1 Å². The van der Waals surface area contributed by atoms with Gasteiger partial charge in [-0.15, -0.1) is 0 Å². The lowest BCUT2D eigenvalue weighted by Crippen LogP contribution is -2.40. The third-order valence-corrected chi connectivity index (χ3v) is 6.22. The molecule has 1 saturated heterocycles. The Morgan fingerprint density at radius 3 is 2.34 bits per heavy atom. The number of carbonyl (C=O) groups is 1. The molecule has 0 unspecified atom stereocenters. The molecule has 3 aromatic rings. The monoisotopic (exact) mass is 383 g/mol. The van der Waals surface area contributed by atoms with Gasteiger partial charge in [-0.1, -0.05) is 84.9 Å². The molecular weight excluding hydrogens is 358 g/mol. The molecule has 0 N–H and O–H groups in total. The van der Waals surface area contributed by atoms with Crippen molar-refractivity contribution in [1.29, 1.82) is 0 Å². The molecule has 1 fully saturated rings. The van der Waals surface area contributed by atoms with E-state index in [1.165, 1.54) is 16.7 Å². The molecule has 3 atom stereocenters. The number of aryl methyl sites for hydroxylation is 1. The van der Waals surface area contributed by atoms with Crippen LogP contribution >= 0.6 is 0 Å². The summed E-state index contributed by atoms with van der Waals surface area (Å²) < 4.78 is 6.15. The van der Waals surface area contributed by atoms with E-state index >= 15 is 0 Å². The van der Waals surface area contributed by atoms with E-state index in [-0.39, 0.29) is 24.1 Å². The molecule has 0 aromatic heterocycles. The van der Waals surface area contributed by atoms with Crippen LogP contribution in [0.1, 0.15) is 40.6 Å². The van der Waals surface area contributed by atoms with Gasteiger partial charge < -0.3 is 9.64 Å². The van der Waals surface area contributed by atoms with Crippen LogP contribution in [0.15, 0.2) is 84.9 Å². The predicted octanol–water partition coefficient (Wildman–Crippen LogP) is 4.89. The minimum atomic E-state index is -0.185. The Morgan fingerprint density at radius 2 is 1.55 bits per heavy atom. The lowest BCUT2D eigenvalue weighted by Gasteiger charge is -2.29. The van der Waals surface area contributed by atoms with Gasteiger partial charge in [0, 0.05) is 6.42 Å². The van der Waals surface area contributed by atoms with Crippen LogP contribution in [0.25, 0.3) is 0 Å². The Morgan fingerprint density at radius 1 is 0.862 bits per heavy atom. The molecule has 146 valence electrons. The fourth-order valence-electron chi connectivity index (χ4n) is 4.74. The summed E-state index contributed by atoms with van der Waals surface area (Å²) in [6.07, 6.45) is 2.27. The van der Waals surface area contributed by atoms with Crippen molar-refractivity contribution in [2.45, 2.75) is 37.5 Å². The van der Waals surface area contributed by atoms with Crippen LogP contribution in [0.3, 0.4) is 0 Å². The number of hydrogen-bond acceptors (Lipinski definition) is 2. The van der Waals surface area contributed by atoms with Crippen LogP contribution in [-0.2, 0) is 22.4 Å². The Hall–Kier alpha value is -2.91. The van der Waals surface area contributed by atoms with E-state index in [1.807, 2.05) is 35.2 Å². The fraction of sp³-hybridized carbons (Fsp3) is 0.269. The number of rotatable bonds is 4. The number of nitrogens with zero attached hydrogens (tertiary/aromatic N) is 1. The zero-order valence-corrected chi connectivity index (χ0v) is 16.4. The highest BCUT2D eigenvalue weighted by Crippen LogP contribution is 2.40. The van der Waals surface area contributed by atoms with Crippen molar-refractivity contribution < 1.29 is 9.53 Å². The maximum Gasteiger partial charge on any atom is 0.232 e. The van der Waals surface area contributed by atoms with Crippen LogP contribution in [0, 0.1) is 0 Å². The van der Waals surface area contributed by atoms with Gasteiger partial charge in [0.15, 0.2) is 0 Å². The normalized spacial score (nSPS) is 23.4. The van der Waals surface area contributed by atoms with E-state index in [1.54, 1.807) is 0 Å². The lowest BCUT2D eigenvalue weighted by atomic mass is 9.88. The molecule has 0 aliphatic carbocycles. The smallest absolute Gasteiger partial charge is 0.232 e. The molecule has 1 amide bonds. The van der Waals surface area contributed by atoms with Crippen LogP contribution < -0.4 is 0 Å². The van der Waals surface area contributed by atoms with Crippen molar-refractivity contribution in [1.82, 2.24) is 4.90 Å². The van der Waals surface area contributed by atoms with Gasteiger partial charge in [0.1, 0.15) is 6.23 Å². The Labute approximate surface area is 171 Å². The van der Waals surface area contributed by atoms with Gasteiger partial charge in [0.2, 0.25) is 5.91 Å². The molecule has 2 aliphatic heterocycles. The fourth-order valence-corrected chi connectivity index (χ4v) is 4.74. The maximum absolute atomic E-state index is 13.8. The molecule has 5 rings (SSSR count). The molecule has 3 aromatic carbocycles. The minimum Gasteiger partial charge on any atom is -0.355 e. The largest absolute Gasteiger partial charge is 0.355 e. The summed E-state index contributed by atoms with van der Waals surface area (Å²) in [5, 5.41) is 0. The first-order chi connectivity index (χ1) is 14.3. The number of carbonyl (C=O) groups excluding carboxylic acids is 1. The van der Waals surface area contributed by atoms with E-state index in [2.05, 4.69) is 54.6 Å². The molecule has 0 saturated carbocycles. The summed E-state index contributed by atoms with van der Waals surface area (Å²) in [6.45, 7) is 0.563. The highest BCUT2D eigenvalue weighted by Gasteiger charge is 2.44. The maximum atomic E-state index is 13.8. The summed E-state index contributed by atoms with van der Waals surface area (Å²) in [5.41, 5.74) is 4.82. The van der Waals surface area contributed by atoms with Gasteiger partial charge in [0.05, 0.1) is 18.6 Å². The number of fused-ring (bicyclic) bond motifs is 2. The van der Waals surface area contributed by atoms with Crippen LogP contribution in [-0.4, -0.2) is 23.6 Å². The second kappa shape index (κ2) is 7.84. The Bertz CT molecular complexity index is 986. The van der Waals surface area contributed by atoms with Gasteiger partial charge in [-0.2, -0.15) is 0 Å². The number of hydrogen-bond donors (Lipinski definition) is 0. The number of benzene rings is 3. The second-order valence-corrected chi connectivity index (χ2v) is 7.94. The third-order valence-electron chi connectivity index (χ3n) is 6.22. The molecule has 0 radical (unpaired) electrons. The number of amides is 1. The Kier molecular flexibility index (Phi) is 4.91. The molecule has 2 heterocycles. The molecule has 3 heteroatoms. The average Bonchev–Trinajstić information content (AvgIpc) is 3.15. The second-order valence-electron chi connectivity index (χ2n) is 7.94. The summed E-state index contributed by atoms with van der Waals surface area (Å²) in [5.74, 6) is 0.0616. The average molecular weight is 383 g/mol. The van der Waals surface area contributed by atoms with E-state index in [4.69, 9.17) is 4.74 Å². The standard InChI is InChI=1S/C26H25NO2/c28-26-23(16-15-19-9-3-1-4-10-19)22-14-8-7-13-21(22)17-25-27(26)24(18-29-25)20-11-5-2-6-12-20/h1-14,23-25H,15-18H2/t23-,24-,25-/m0/s1. The quantitative estimate of drug-likeness (QED) is 0.642. The molecule has 3 nitrogen and oxygen atoms in total. The van der Waals surface area contributed by atoms with Crippen molar-refractivity contribution in [3.05, 3.63) is 107 Å². The van der Waals surface area contributed by atoms with Crippen LogP contribution in [0.2, 0.25) is 0 Å². The molecule has 0 bridgehead atoms.